The van der Waals surface area contributed by atoms with Crippen LogP contribution in [0, 0.1) is 0 Å². The number of nitrogens with zero attached hydrogens (tertiary/aromatic N) is 7. The fourth-order valence-corrected chi connectivity index (χ4v) is 7.09. The van der Waals surface area contributed by atoms with E-state index in [0.717, 1.165) is 34.4 Å². The van der Waals surface area contributed by atoms with E-state index in [9.17, 15) is 22.7 Å². The Morgan fingerprint density at radius 2 is 1.64 bits per heavy atom. The van der Waals surface area contributed by atoms with Gasteiger partial charge >= 0.3 is 10.3 Å². The number of aromatic nitrogens is 8. The van der Waals surface area contributed by atoms with Gasteiger partial charge in [0.15, 0.2) is 47.4 Å². The van der Waals surface area contributed by atoms with Crippen LogP contribution in [-0.4, -0.2) is 97.4 Å². The molecule has 4 aromatic rings. The third-order valence-corrected chi connectivity index (χ3v) is 9.14. The van der Waals surface area contributed by atoms with Gasteiger partial charge in [0.2, 0.25) is 0 Å². The molecule has 0 saturated carbocycles. The summed E-state index contributed by atoms with van der Waals surface area (Å²) in [5.41, 5.74) is 5.03. The zero-order valence-electron chi connectivity index (χ0n) is 21.7. The molecule has 0 bridgehead atoms. The van der Waals surface area contributed by atoms with Gasteiger partial charge in [0.25, 0.3) is 13.4 Å². The molecule has 9 atom stereocenters. The first-order valence-corrected chi connectivity index (χ1v) is 15.5. The van der Waals surface area contributed by atoms with Crippen molar-refractivity contribution in [3.8, 4) is 0 Å². The van der Waals surface area contributed by atoms with Crippen molar-refractivity contribution in [1.82, 2.24) is 43.8 Å². The number of aromatic amines is 1. The van der Waals surface area contributed by atoms with Gasteiger partial charge in [0.05, 0.1) is 25.6 Å². The van der Waals surface area contributed by atoms with Crippen LogP contribution in [0.15, 0.2) is 30.1 Å². The number of nitrogens with one attached hydrogen (secondary N) is 2. The highest BCUT2D eigenvalue weighted by Gasteiger charge is 2.53. The Labute approximate surface area is 243 Å². The van der Waals surface area contributed by atoms with Gasteiger partial charge in [-0.15, -0.1) is 0 Å². The SMILES string of the molecule is Nc1ncnc2c1ncn2[C@@H]1O[C@@H]2CNS(=O)(=O)O[C@H]3[C@@H](F)[C@H](n4cnc5c(=O)[nH]cnc54)O[C@@H]3COP(=O)([O-])O[C@H]2[C@H]1F. The van der Waals surface area contributed by atoms with Crippen LogP contribution in [0.2, 0.25) is 0 Å². The van der Waals surface area contributed by atoms with Gasteiger partial charge in [-0.25, -0.2) is 37.9 Å². The molecule has 3 fully saturated rings. The summed E-state index contributed by atoms with van der Waals surface area (Å²) in [6.45, 7) is -1.77. The summed E-state index contributed by atoms with van der Waals surface area (Å²) in [5.74, 6) is -0.0143. The monoisotopic (exact) mass is 661 g/mol. The van der Waals surface area contributed by atoms with Crippen molar-refractivity contribution in [3.63, 3.8) is 0 Å². The third kappa shape index (κ3) is 4.95. The number of H-pyrrole nitrogens is 1. The maximum atomic E-state index is 15.8. The molecule has 7 rings (SSSR count). The maximum absolute atomic E-state index is 15.8. The van der Waals surface area contributed by atoms with Crippen LogP contribution < -0.4 is 20.9 Å². The van der Waals surface area contributed by atoms with Crippen LogP contribution in [-0.2, 0) is 37.6 Å². The molecule has 0 radical (unpaired) electrons. The molecular formula is C20H20F2N10O10PS-. The minimum absolute atomic E-state index is 0.0143. The van der Waals surface area contributed by atoms with Gasteiger partial charge in [-0.3, -0.25) is 18.5 Å². The largest absolute Gasteiger partial charge is 0.756 e. The van der Waals surface area contributed by atoms with Gasteiger partial charge in [-0.1, -0.05) is 0 Å². The van der Waals surface area contributed by atoms with Crippen molar-refractivity contribution < 1.29 is 49.4 Å². The van der Waals surface area contributed by atoms with Crippen LogP contribution in [0.25, 0.3) is 22.3 Å². The molecule has 0 spiro atoms. The molecule has 24 heteroatoms. The minimum atomic E-state index is -5.38. The number of hydrogen-bond acceptors (Lipinski definition) is 16. The quantitative estimate of drug-likeness (QED) is 0.198. The molecule has 20 nitrogen and oxygen atoms in total. The van der Waals surface area contributed by atoms with Gasteiger partial charge < -0.3 is 34.1 Å². The lowest BCUT2D eigenvalue weighted by Gasteiger charge is -2.31. The second kappa shape index (κ2) is 10.5. The van der Waals surface area contributed by atoms with E-state index < -0.39 is 86.1 Å². The number of imidazole rings is 2. The Kier molecular flexibility index (Phi) is 6.98. The van der Waals surface area contributed by atoms with Gasteiger partial charge in [0, 0.05) is 6.54 Å². The van der Waals surface area contributed by atoms with Crippen LogP contribution >= 0.6 is 7.82 Å². The van der Waals surface area contributed by atoms with Crippen LogP contribution in [0.4, 0.5) is 14.6 Å². The topological polar surface area (TPSA) is 266 Å². The van der Waals surface area contributed by atoms with Crippen molar-refractivity contribution in [2.24, 2.45) is 0 Å². The standard InChI is InChI=1S/C20H21F2N10O10PS/c21-9-13-7(39-19(9)31-5-28-11-15(23)24-3-25-16(11)31)1-30-44(36,37)42-14-8(2-38-43(34,35)41-13)40-20(10(14)22)32-6-29-12-17(32)26-4-27-18(12)33/h3-10,13-14,19-20,30H,1-2H2,(H,34,35)(H2,23,24,25)(H,26,27,33)/p-1/t7-,8-,9-,10-,13-,14-,19-,20-/m1/s1. The van der Waals surface area contributed by atoms with Gasteiger partial charge in [-0.05, 0) is 0 Å². The van der Waals surface area contributed by atoms with Crippen molar-refractivity contribution in [2.75, 3.05) is 18.9 Å². The number of phosphoric acid groups is 1. The molecule has 7 heterocycles. The zero-order valence-corrected chi connectivity index (χ0v) is 23.5. The highest BCUT2D eigenvalue weighted by Crippen LogP contribution is 2.48. The molecule has 1 unspecified atom stereocenters. The summed E-state index contributed by atoms with van der Waals surface area (Å²) in [4.78, 5) is 46.8. The fraction of sp³-hybridized carbons (Fsp3) is 0.500. The minimum Gasteiger partial charge on any atom is -0.756 e. The first-order valence-electron chi connectivity index (χ1n) is 12.7. The van der Waals surface area contributed by atoms with Crippen LogP contribution in [0.5, 0.6) is 0 Å². The predicted molar refractivity (Wildman–Crippen MR) is 136 cm³/mol. The number of fused-ring (bicyclic) bond motifs is 4. The molecule has 3 saturated heterocycles. The van der Waals surface area contributed by atoms with E-state index in [1.165, 1.54) is 0 Å². The Morgan fingerprint density at radius 3 is 2.39 bits per heavy atom. The van der Waals surface area contributed by atoms with E-state index in [-0.39, 0.29) is 28.1 Å². The number of hydrogen-bond donors (Lipinski definition) is 3. The van der Waals surface area contributed by atoms with E-state index >= 15 is 8.78 Å². The van der Waals surface area contributed by atoms with Crippen molar-refractivity contribution in [3.05, 3.63) is 35.7 Å². The molecule has 44 heavy (non-hydrogen) atoms. The van der Waals surface area contributed by atoms with Crippen LogP contribution in [0.1, 0.15) is 12.5 Å². The Hall–Kier alpha value is -3.54. The smallest absolute Gasteiger partial charge is 0.336 e. The molecule has 3 aliphatic heterocycles. The van der Waals surface area contributed by atoms with E-state index in [0.29, 0.717) is 0 Å². The lowest BCUT2D eigenvalue weighted by atomic mass is 10.1. The molecule has 4 N–H and O–H groups in total. The lowest BCUT2D eigenvalue weighted by Crippen LogP contribution is -2.45. The first-order chi connectivity index (χ1) is 20.9. The van der Waals surface area contributed by atoms with E-state index in [1.807, 2.05) is 4.72 Å². The van der Waals surface area contributed by atoms with Gasteiger partial charge in [-0.2, -0.15) is 13.1 Å². The molecule has 0 aromatic carbocycles. The molecule has 4 aromatic heterocycles. The molecule has 3 aliphatic rings. The second-order valence-electron chi connectivity index (χ2n) is 9.83. The van der Waals surface area contributed by atoms with E-state index in [2.05, 4.69) is 29.9 Å². The average molecular weight is 661 g/mol. The highest BCUT2D eigenvalue weighted by atomic mass is 32.2. The number of phosphoric ester groups is 1. The number of anilines is 1. The fourth-order valence-electron chi connectivity index (χ4n) is 5.19. The summed E-state index contributed by atoms with van der Waals surface area (Å²) in [5, 5.41) is 0. The third-order valence-electron chi connectivity index (χ3n) is 7.18. The number of halogens is 2. The number of rotatable bonds is 2. The Bertz CT molecular complexity index is 1960. The summed E-state index contributed by atoms with van der Waals surface area (Å²) in [6, 6.07) is 0. The van der Waals surface area contributed by atoms with Crippen molar-refractivity contribution >= 4 is 46.3 Å². The van der Waals surface area contributed by atoms with Crippen molar-refractivity contribution in [2.45, 2.75) is 49.2 Å². The summed E-state index contributed by atoms with van der Waals surface area (Å²) in [6.07, 6.45) is -10.6. The molecular weight excluding hydrogens is 641 g/mol. The molecule has 0 amide bonds. The number of nitrogens with two attached hydrogens (primary N) is 1. The summed E-state index contributed by atoms with van der Waals surface area (Å²) >= 11 is 0. The van der Waals surface area contributed by atoms with E-state index in [1.54, 1.807) is 0 Å². The highest BCUT2D eigenvalue weighted by molar-refractivity contribution is 7.84. The average Bonchev–Trinajstić information content (AvgIpc) is 3.73. The lowest BCUT2D eigenvalue weighted by molar-refractivity contribution is -0.235. The number of ether oxygens (including phenoxy) is 2. The van der Waals surface area contributed by atoms with Gasteiger partial charge in [0.1, 0.15) is 36.3 Å². The number of alkyl halides is 2. The summed E-state index contributed by atoms with van der Waals surface area (Å²) in [7, 11) is -10.2. The number of nitrogen functional groups attached to an aromatic ring is 1. The maximum Gasteiger partial charge on any atom is 0.336 e. The normalized spacial score (nSPS) is 36.1. The van der Waals surface area contributed by atoms with E-state index in [4.69, 9.17) is 28.4 Å². The van der Waals surface area contributed by atoms with Crippen molar-refractivity contribution in [1.29, 1.82) is 0 Å². The predicted octanol–water partition coefficient (Wildman–Crippen LogP) is -1.88. The van der Waals surface area contributed by atoms with Crippen LogP contribution in [0.3, 0.4) is 0 Å². The second-order valence-corrected chi connectivity index (χ2v) is 12.6. The molecule has 0 aliphatic carbocycles. The molecule has 236 valence electrons. The summed E-state index contributed by atoms with van der Waals surface area (Å²) < 4.78 is 101. The first kappa shape index (κ1) is 29.2. The zero-order chi connectivity index (χ0) is 31.0. The Morgan fingerprint density at radius 1 is 0.977 bits per heavy atom. The Balaban J connectivity index is 1.17.